The van der Waals surface area contributed by atoms with Crippen molar-refractivity contribution in [2.24, 2.45) is 0 Å². The second-order valence-corrected chi connectivity index (χ2v) is 3.48. The molecule has 1 heterocycles. The minimum absolute atomic E-state index is 0.957. The van der Waals surface area contributed by atoms with Crippen LogP contribution in [0, 0.1) is 0 Å². The summed E-state index contributed by atoms with van der Waals surface area (Å²) in [4.78, 5) is 2.44. The van der Waals surface area contributed by atoms with Gasteiger partial charge in [0.1, 0.15) is 5.75 Å². The lowest BCUT2D eigenvalue weighted by molar-refractivity contribution is 0.172. The van der Waals surface area contributed by atoms with Crippen LogP contribution >= 0.6 is 0 Å². The van der Waals surface area contributed by atoms with E-state index in [0.29, 0.717) is 0 Å². The van der Waals surface area contributed by atoms with E-state index in [9.17, 15) is 0 Å². The summed E-state index contributed by atoms with van der Waals surface area (Å²) in [6.07, 6.45) is 1.35. The molecular formula is C11H15NO. The standard InChI is InChI=1S/C11H15NO/c1-13-11-5-2-4-10(8-11)9-12-6-3-7-12/h2,4-5,8H,3,6-7,9H2,1H3. The van der Waals surface area contributed by atoms with E-state index < -0.39 is 0 Å². The molecule has 0 aliphatic carbocycles. The molecule has 1 aromatic carbocycles. The lowest BCUT2D eigenvalue weighted by Crippen LogP contribution is -2.36. The number of likely N-dealkylation sites (tertiary alicyclic amines) is 1. The van der Waals surface area contributed by atoms with Crippen molar-refractivity contribution >= 4 is 0 Å². The van der Waals surface area contributed by atoms with E-state index >= 15 is 0 Å². The molecule has 1 aliphatic rings. The number of rotatable bonds is 3. The molecule has 70 valence electrons. The fraction of sp³-hybridized carbons (Fsp3) is 0.455. The lowest BCUT2D eigenvalue weighted by atomic mass is 10.1. The van der Waals surface area contributed by atoms with Crippen LogP contribution in [0.5, 0.6) is 5.75 Å². The zero-order valence-electron chi connectivity index (χ0n) is 7.99. The van der Waals surface area contributed by atoms with E-state index in [-0.39, 0.29) is 0 Å². The Kier molecular flexibility index (Phi) is 2.50. The fourth-order valence-corrected chi connectivity index (χ4v) is 1.57. The first-order valence-electron chi connectivity index (χ1n) is 4.74. The maximum Gasteiger partial charge on any atom is 0.119 e. The average Bonchev–Trinajstić information content (AvgIpc) is 2.12. The third-order valence-corrected chi connectivity index (χ3v) is 2.49. The number of nitrogens with zero attached hydrogens (tertiary/aromatic N) is 1. The summed E-state index contributed by atoms with van der Waals surface area (Å²) in [5.74, 6) is 0.957. The molecule has 2 nitrogen and oxygen atoms in total. The van der Waals surface area contributed by atoms with Crippen molar-refractivity contribution in [1.82, 2.24) is 4.90 Å². The zero-order chi connectivity index (χ0) is 9.10. The Morgan fingerprint density at radius 3 is 2.85 bits per heavy atom. The van der Waals surface area contributed by atoms with Gasteiger partial charge in [-0.3, -0.25) is 4.90 Å². The topological polar surface area (TPSA) is 12.5 Å². The summed E-state index contributed by atoms with van der Waals surface area (Å²) in [7, 11) is 1.71. The number of methoxy groups -OCH3 is 1. The van der Waals surface area contributed by atoms with Crippen molar-refractivity contribution < 1.29 is 4.74 Å². The summed E-state index contributed by atoms with van der Waals surface area (Å²) in [5.41, 5.74) is 1.35. The van der Waals surface area contributed by atoms with Crippen molar-refractivity contribution in [3.63, 3.8) is 0 Å². The Bertz CT molecular complexity index is 281. The van der Waals surface area contributed by atoms with Crippen LogP contribution in [-0.2, 0) is 6.54 Å². The molecule has 2 rings (SSSR count). The fourth-order valence-electron chi connectivity index (χ4n) is 1.57. The van der Waals surface area contributed by atoms with Crippen molar-refractivity contribution in [3.05, 3.63) is 29.8 Å². The van der Waals surface area contributed by atoms with Gasteiger partial charge in [-0.25, -0.2) is 0 Å². The highest BCUT2D eigenvalue weighted by molar-refractivity contribution is 5.28. The molecule has 1 aliphatic heterocycles. The normalized spacial score (nSPS) is 16.7. The highest BCUT2D eigenvalue weighted by Gasteiger charge is 2.13. The van der Waals surface area contributed by atoms with Gasteiger partial charge >= 0.3 is 0 Å². The second-order valence-electron chi connectivity index (χ2n) is 3.48. The Morgan fingerprint density at radius 1 is 1.38 bits per heavy atom. The Hall–Kier alpha value is -1.02. The maximum atomic E-state index is 5.17. The largest absolute Gasteiger partial charge is 0.497 e. The molecule has 1 aromatic rings. The minimum atomic E-state index is 0.957. The molecule has 1 fully saturated rings. The zero-order valence-corrected chi connectivity index (χ0v) is 7.99. The van der Waals surface area contributed by atoms with Gasteiger partial charge in [0.05, 0.1) is 7.11 Å². The summed E-state index contributed by atoms with van der Waals surface area (Å²) >= 11 is 0. The van der Waals surface area contributed by atoms with Crippen LogP contribution in [-0.4, -0.2) is 25.1 Å². The predicted octanol–water partition coefficient (Wildman–Crippen LogP) is 1.90. The summed E-state index contributed by atoms with van der Waals surface area (Å²) < 4.78 is 5.17. The van der Waals surface area contributed by atoms with Crippen LogP contribution in [0.2, 0.25) is 0 Å². The molecule has 0 spiro atoms. The van der Waals surface area contributed by atoms with Crippen LogP contribution in [0.25, 0.3) is 0 Å². The summed E-state index contributed by atoms with van der Waals surface area (Å²) in [6.45, 7) is 3.56. The second kappa shape index (κ2) is 3.79. The molecule has 2 heteroatoms. The van der Waals surface area contributed by atoms with Gasteiger partial charge in [0.2, 0.25) is 0 Å². The van der Waals surface area contributed by atoms with Crippen molar-refractivity contribution in [3.8, 4) is 5.75 Å². The predicted molar refractivity (Wildman–Crippen MR) is 52.9 cm³/mol. The SMILES string of the molecule is COc1cccc(CN2CCC2)c1. The average molecular weight is 177 g/mol. The van der Waals surface area contributed by atoms with Gasteiger partial charge in [-0.1, -0.05) is 12.1 Å². The van der Waals surface area contributed by atoms with Gasteiger partial charge in [0.15, 0.2) is 0 Å². The van der Waals surface area contributed by atoms with Crippen LogP contribution in [0.1, 0.15) is 12.0 Å². The first kappa shape index (κ1) is 8.57. The molecule has 0 atom stereocenters. The van der Waals surface area contributed by atoms with E-state index in [2.05, 4.69) is 17.0 Å². The van der Waals surface area contributed by atoms with Crippen LogP contribution in [0.3, 0.4) is 0 Å². The molecule has 0 aromatic heterocycles. The van der Waals surface area contributed by atoms with Gasteiger partial charge in [-0.2, -0.15) is 0 Å². The van der Waals surface area contributed by atoms with E-state index in [0.717, 1.165) is 12.3 Å². The highest BCUT2D eigenvalue weighted by Crippen LogP contribution is 2.16. The van der Waals surface area contributed by atoms with Crippen LogP contribution < -0.4 is 4.74 Å². The number of hydrogen-bond acceptors (Lipinski definition) is 2. The van der Waals surface area contributed by atoms with Crippen molar-refractivity contribution in [2.45, 2.75) is 13.0 Å². The van der Waals surface area contributed by atoms with Gasteiger partial charge in [-0.15, -0.1) is 0 Å². The molecule has 0 saturated carbocycles. The van der Waals surface area contributed by atoms with Gasteiger partial charge in [-0.05, 0) is 37.2 Å². The van der Waals surface area contributed by atoms with E-state index in [1.165, 1.54) is 25.1 Å². The maximum absolute atomic E-state index is 5.17. The van der Waals surface area contributed by atoms with Gasteiger partial charge in [0, 0.05) is 6.54 Å². The van der Waals surface area contributed by atoms with Gasteiger partial charge in [0.25, 0.3) is 0 Å². The molecule has 0 N–H and O–H groups in total. The third kappa shape index (κ3) is 2.01. The van der Waals surface area contributed by atoms with E-state index in [4.69, 9.17) is 4.74 Å². The molecule has 0 amide bonds. The monoisotopic (exact) mass is 177 g/mol. The molecular weight excluding hydrogens is 162 g/mol. The molecule has 0 radical (unpaired) electrons. The summed E-state index contributed by atoms with van der Waals surface area (Å²) in [6, 6.07) is 8.30. The quantitative estimate of drug-likeness (QED) is 0.699. The van der Waals surface area contributed by atoms with Gasteiger partial charge < -0.3 is 4.74 Å². The first-order valence-corrected chi connectivity index (χ1v) is 4.74. The number of hydrogen-bond donors (Lipinski definition) is 0. The van der Waals surface area contributed by atoms with Crippen LogP contribution in [0.15, 0.2) is 24.3 Å². The summed E-state index contributed by atoms with van der Waals surface area (Å²) in [5, 5.41) is 0. The van der Waals surface area contributed by atoms with E-state index in [1.54, 1.807) is 7.11 Å². The lowest BCUT2D eigenvalue weighted by Gasteiger charge is -2.30. The number of ether oxygens (including phenoxy) is 1. The molecule has 0 unspecified atom stereocenters. The smallest absolute Gasteiger partial charge is 0.119 e. The van der Waals surface area contributed by atoms with Crippen molar-refractivity contribution in [2.75, 3.05) is 20.2 Å². The number of benzene rings is 1. The highest BCUT2D eigenvalue weighted by atomic mass is 16.5. The molecule has 0 bridgehead atoms. The van der Waals surface area contributed by atoms with Crippen molar-refractivity contribution in [1.29, 1.82) is 0 Å². The molecule has 13 heavy (non-hydrogen) atoms. The van der Waals surface area contributed by atoms with Crippen LogP contribution in [0.4, 0.5) is 0 Å². The minimum Gasteiger partial charge on any atom is -0.497 e. The Balaban J connectivity index is 2.01. The molecule has 1 saturated heterocycles. The third-order valence-electron chi connectivity index (χ3n) is 2.49. The Labute approximate surface area is 79.1 Å². The Morgan fingerprint density at radius 2 is 2.23 bits per heavy atom. The van der Waals surface area contributed by atoms with E-state index in [1.807, 2.05) is 12.1 Å². The first-order chi connectivity index (χ1) is 6.38.